The summed E-state index contributed by atoms with van der Waals surface area (Å²) in [5.74, 6) is -0.440. The van der Waals surface area contributed by atoms with Crippen LogP contribution >= 0.6 is 0 Å². The average molecular weight is 165 g/mol. The fourth-order valence-electron chi connectivity index (χ4n) is 0.884. The van der Waals surface area contributed by atoms with Crippen LogP contribution in [0.3, 0.4) is 0 Å². The van der Waals surface area contributed by atoms with Crippen molar-refractivity contribution in [2.24, 2.45) is 5.73 Å². The van der Waals surface area contributed by atoms with Crippen LogP contribution in [0.1, 0.15) is 11.4 Å². The Kier molecular flexibility index (Phi) is 2.72. The minimum atomic E-state index is -0.440. The standard InChI is InChI=1S/C8H8FN3/c9-6-3-7(1-2-10)12-8(4-6)5-11/h3-4H,1-2,10H2. The van der Waals surface area contributed by atoms with E-state index >= 15 is 0 Å². The zero-order chi connectivity index (χ0) is 8.97. The lowest BCUT2D eigenvalue weighted by atomic mass is 10.2. The van der Waals surface area contributed by atoms with Crippen molar-refractivity contribution in [3.63, 3.8) is 0 Å². The van der Waals surface area contributed by atoms with Crippen LogP contribution in [0, 0.1) is 17.1 Å². The number of rotatable bonds is 2. The van der Waals surface area contributed by atoms with Crippen molar-refractivity contribution in [1.82, 2.24) is 4.98 Å². The van der Waals surface area contributed by atoms with Crippen molar-refractivity contribution < 1.29 is 4.39 Å². The van der Waals surface area contributed by atoms with E-state index in [1.165, 1.54) is 6.07 Å². The van der Waals surface area contributed by atoms with Gasteiger partial charge in [0.05, 0.1) is 0 Å². The zero-order valence-electron chi connectivity index (χ0n) is 6.42. The number of nitriles is 1. The molecule has 62 valence electrons. The molecule has 0 radical (unpaired) electrons. The molecule has 0 aromatic carbocycles. The second kappa shape index (κ2) is 3.79. The van der Waals surface area contributed by atoms with Crippen LogP contribution < -0.4 is 5.73 Å². The number of pyridine rings is 1. The van der Waals surface area contributed by atoms with Crippen LogP contribution in [0.2, 0.25) is 0 Å². The van der Waals surface area contributed by atoms with Gasteiger partial charge in [0.25, 0.3) is 0 Å². The van der Waals surface area contributed by atoms with E-state index in [9.17, 15) is 4.39 Å². The SMILES string of the molecule is N#Cc1cc(F)cc(CCN)n1. The fourth-order valence-corrected chi connectivity index (χ4v) is 0.884. The lowest BCUT2D eigenvalue weighted by Gasteiger charge is -1.97. The van der Waals surface area contributed by atoms with Crippen molar-refractivity contribution in [2.45, 2.75) is 6.42 Å². The Labute approximate surface area is 69.6 Å². The molecule has 3 nitrogen and oxygen atoms in total. The third-order valence-corrected chi connectivity index (χ3v) is 1.36. The summed E-state index contributed by atoms with van der Waals surface area (Å²) >= 11 is 0. The topological polar surface area (TPSA) is 62.7 Å². The Balaban J connectivity index is 3.00. The number of nitrogens with zero attached hydrogens (tertiary/aromatic N) is 2. The Morgan fingerprint density at radius 2 is 2.33 bits per heavy atom. The van der Waals surface area contributed by atoms with E-state index in [0.717, 1.165) is 6.07 Å². The van der Waals surface area contributed by atoms with Gasteiger partial charge in [0, 0.05) is 18.2 Å². The first-order valence-corrected chi connectivity index (χ1v) is 3.53. The van der Waals surface area contributed by atoms with Crippen LogP contribution in [0.5, 0.6) is 0 Å². The third-order valence-electron chi connectivity index (χ3n) is 1.36. The Bertz CT molecular complexity index is 317. The Morgan fingerprint density at radius 3 is 2.92 bits per heavy atom. The van der Waals surface area contributed by atoms with Gasteiger partial charge in [-0.1, -0.05) is 0 Å². The lowest BCUT2D eigenvalue weighted by Crippen LogP contribution is -2.05. The molecular weight excluding hydrogens is 157 g/mol. The quantitative estimate of drug-likeness (QED) is 0.697. The van der Waals surface area contributed by atoms with E-state index in [-0.39, 0.29) is 5.69 Å². The maximum Gasteiger partial charge on any atom is 0.143 e. The number of hydrogen-bond acceptors (Lipinski definition) is 3. The highest BCUT2D eigenvalue weighted by Gasteiger charge is 2.00. The van der Waals surface area contributed by atoms with Gasteiger partial charge in [-0.2, -0.15) is 5.26 Å². The van der Waals surface area contributed by atoms with Crippen LogP contribution in [-0.2, 0) is 6.42 Å². The predicted molar refractivity (Wildman–Crippen MR) is 41.7 cm³/mol. The van der Waals surface area contributed by atoms with Gasteiger partial charge in [0.15, 0.2) is 0 Å². The molecule has 0 unspecified atom stereocenters. The molecule has 1 aromatic rings. The summed E-state index contributed by atoms with van der Waals surface area (Å²) in [6, 6.07) is 4.16. The first kappa shape index (κ1) is 8.62. The molecule has 12 heavy (non-hydrogen) atoms. The summed E-state index contributed by atoms with van der Waals surface area (Å²) < 4.78 is 12.7. The minimum absolute atomic E-state index is 0.0958. The van der Waals surface area contributed by atoms with Crippen molar-refractivity contribution in [1.29, 1.82) is 5.26 Å². The molecule has 0 spiro atoms. The van der Waals surface area contributed by atoms with Crippen molar-refractivity contribution in [3.8, 4) is 6.07 Å². The minimum Gasteiger partial charge on any atom is -0.330 e. The number of nitrogens with two attached hydrogens (primary N) is 1. The smallest absolute Gasteiger partial charge is 0.143 e. The summed E-state index contributed by atoms with van der Waals surface area (Å²) in [5, 5.41) is 8.44. The maximum absolute atomic E-state index is 12.7. The highest BCUT2D eigenvalue weighted by atomic mass is 19.1. The average Bonchev–Trinajstić information content (AvgIpc) is 2.04. The van der Waals surface area contributed by atoms with Crippen LogP contribution in [0.15, 0.2) is 12.1 Å². The molecule has 0 aliphatic heterocycles. The fraction of sp³-hybridized carbons (Fsp3) is 0.250. The molecule has 0 atom stereocenters. The zero-order valence-corrected chi connectivity index (χ0v) is 6.42. The second-order valence-corrected chi connectivity index (χ2v) is 2.31. The highest BCUT2D eigenvalue weighted by Crippen LogP contribution is 2.03. The van der Waals surface area contributed by atoms with Gasteiger partial charge in [-0.15, -0.1) is 0 Å². The number of hydrogen-bond donors (Lipinski definition) is 1. The first-order valence-electron chi connectivity index (χ1n) is 3.53. The van der Waals surface area contributed by atoms with Crippen molar-refractivity contribution in [2.75, 3.05) is 6.54 Å². The van der Waals surface area contributed by atoms with Crippen molar-refractivity contribution >= 4 is 0 Å². The van der Waals surface area contributed by atoms with E-state index in [2.05, 4.69) is 4.98 Å². The second-order valence-electron chi connectivity index (χ2n) is 2.31. The van der Waals surface area contributed by atoms with Gasteiger partial charge in [0.2, 0.25) is 0 Å². The van der Waals surface area contributed by atoms with E-state index in [4.69, 9.17) is 11.0 Å². The summed E-state index contributed by atoms with van der Waals surface area (Å²) in [7, 11) is 0. The highest BCUT2D eigenvalue weighted by molar-refractivity contribution is 5.23. The van der Waals surface area contributed by atoms with Gasteiger partial charge in [0.1, 0.15) is 17.6 Å². The first-order chi connectivity index (χ1) is 5.76. The van der Waals surface area contributed by atoms with Crippen LogP contribution in [-0.4, -0.2) is 11.5 Å². The summed E-state index contributed by atoms with van der Waals surface area (Å²) in [4.78, 5) is 3.86. The van der Waals surface area contributed by atoms with Gasteiger partial charge >= 0.3 is 0 Å². The summed E-state index contributed by atoms with van der Waals surface area (Å²) in [6.45, 7) is 0.404. The number of halogens is 1. The van der Waals surface area contributed by atoms with Gasteiger partial charge in [-0.25, -0.2) is 9.37 Å². The molecule has 0 fully saturated rings. The van der Waals surface area contributed by atoms with Crippen LogP contribution in [0.25, 0.3) is 0 Å². The predicted octanol–water partition coefficient (Wildman–Crippen LogP) is 0.594. The largest absolute Gasteiger partial charge is 0.330 e. The van der Waals surface area contributed by atoms with Crippen LogP contribution in [0.4, 0.5) is 4.39 Å². The summed E-state index contributed by atoms with van der Waals surface area (Å²) in [6.07, 6.45) is 0.492. The molecule has 0 aliphatic carbocycles. The molecule has 1 heterocycles. The van der Waals surface area contributed by atoms with Gasteiger partial charge in [-0.3, -0.25) is 0 Å². The summed E-state index contributed by atoms with van der Waals surface area (Å²) in [5.41, 5.74) is 5.87. The molecule has 0 bridgehead atoms. The Hall–Kier alpha value is -1.47. The lowest BCUT2D eigenvalue weighted by molar-refractivity contribution is 0.621. The van der Waals surface area contributed by atoms with E-state index in [1.807, 2.05) is 0 Å². The molecule has 0 aliphatic rings. The molecule has 1 aromatic heterocycles. The molecular formula is C8H8FN3. The number of aromatic nitrogens is 1. The van der Waals surface area contributed by atoms with Gasteiger partial charge in [-0.05, 0) is 12.6 Å². The molecule has 0 saturated carbocycles. The van der Waals surface area contributed by atoms with E-state index < -0.39 is 5.82 Å². The van der Waals surface area contributed by atoms with E-state index in [1.54, 1.807) is 6.07 Å². The monoisotopic (exact) mass is 165 g/mol. The normalized spacial score (nSPS) is 9.42. The third kappa shape index (κ3) is 2.01. The molecule has 1 rings (SSSR count). The van der Waals surface area contributed by atoms with E-state index in [0.29, 0.717) is 18.7 Å². The molecule has 4 heteroatoms. The molecule has 2 N–H and O–H groups in total. The molecule has 0 saturated heterocycles. The molecule has 0 amide bonds. The van der Waals surface area contributed by atoms with Gasteiger partial charge < -0.3 is 5.73 Å². The Morgan fingerprint density at radius 1 is 1.58 bits per heavy atom. The van der Waals surface area contributed by atoms with Crippen molar-refractivity contribution in [3.05, 3.63) is 29.3 Å². The maximum atomic E-state index is 12.7.